The van der Waals surface area contributed by atoms with Gasteiger partial charge in [0.25, 0.3) is 0 Å². The zero-order chi connectivity index (χ0) is 23.8. The van der Waals surface area contributed by atoms with Crippen LogP contribution in [0.25, 0.3) is 0 Å². The van der Waals surface area contributed by atoms with Gasteiger partial charge >= 0.3 is 7.60 Å². The molecule has 1 fully saturated rings. The number of hydrogen-bond donors (Lipinski definition) is 0. The van der Waals surface area contributed by atoms with E-state index in [0.29, 0.717) is 19.3 Å². The van der Waals surface area contributed by atoms with Crippen LogP contribution in [0.3, 0.4) is 0 Å². The summed E-state index contributed by atoms with van der Waals surface area (Å²) in [5.74, 6) is 0.528. The number of Topliss-reactive ketones (excluding diaryl/α,β-unsaturated/α-hetero) is 3. The van der Waals surface area contributed by atoms with Crippen LogP contribution in [0.1, 0.15) is 94.9 Å². The summed E-state index contributed by atoms with van der Waals surface area (Å²) in [5.41, 5.74) is -0.490. The minimum Gasteiger partial charge on any atom is -0.308 e. The van der Waals surface area contributed by atoms with E-state index >= 15 is 0 Å². The molecule has 0 aromatic rings. The number of carbonyl (C=O) groups excluding carboxylic acids is 3. The number of ketones is 3. The molecule has 1 aliphatic heterocycles. The minimum atomic E-state index is -3.12. The molecule has 0 aromatic carbocycles. The van der Waals surface area contributed by atoms with Crippen LogP contribution in [0, 0.1) is 11.3 Å². The Labute approximate surface area is 179 Å². The standard InChI is InChI=1S/C13H23O5P.C5H10O.2C2H6/c1-5-10(14)7-6-8-11(15)12-13(2,3)9-17-19(4,16)18-12;1-4(2)5(3)6;2*1-2/h12H,5-9H2,1-4H3;4H,1-3H3;2*1-2H3/t12-,19?;;;/m0.../s1. The van der Waals surface area contributed by atoms with Crippen molar-refractivity contribution in [2.45, 2.75) is 101 Å². The quantitative estimate of drug-likeness (QED) is 0.438. The van der Waals surface area contributed by atoms with E-state index in [1.165, 1.54) is 6.66 Å². The molecule has 1 heterocycles. The molecule has 0 aliphatic carbocycles. The molecule has 0 amide bonds. The monoisotopic (exact) mass is 436 g/mol. The van der Waals surface area contributed by atoms with Gasteiger partial charge in [0.1, 0.15) is 17.7 Å². The Balaban J connectivity index is -0.000000570. The van der Waals surface area contributed by atoms with E-state index in [9.17, 15) is 18.9 Å². The van der Waals surface area contributed by atoms with E-state index in [1.807, 2.05) is 62.3 Å². The first kappa shape index (κ1) is 32.8. The first-order valence-electron chi connectivity index (χ1n) is 10.8. The van der Waals surface area contributed by atoms with Gasteiger partial charge in [-0.25, -0.2) is 0 Å². The maximum Gasteiger partial charge on any atom is 0.328 e. The third kappa shape index (κ3) is 15.6. The second-order valence-electron chi connectivity index (χ2n) is 7.50. The zero-order valence-corrected chi connectivity index (χ0v) is 21.5. The average Bonchev–Trinajstić information content (AvgIpc) is 2.67. The van der Waals surface area contributed by atoms with Gasteiger partial charge in [-0.2, -0.15) is 0 Å². The molecule has 1 unspecified atom stereocenters. The molecular formula is C22H45O6P. The second-order valence-corrected chi connectivity index (χ2v) is 9.51. The molecule has 7 heteroatoms. The summed E-state index contributed by atoms with van der Waals surface area (Å²) in [6.07, 6.45) is 0.998. The van der Waals surface area contributed by atoms with Gasteiger partial charge < -0.3 is 4.52 Å². The molecule has 1 aliphatic rings. The van der Waals surface area contributed by atoms with Crippen molar-refractivity contribution in [2.75, 3.05) is 13.3 Å². The molecule has 0 aromatic heterocycles. The fraction of sp³-hybridized carbons (Fsp3) is 0.864. The van der Waals surface area contributed by atoms with Crippen LogP contribution >= 0.6 is 7.60 Å². The Kier molecular flexibility index (Phi) is 19.1. The third-order valence-electron chi connectivity index (χ3n) is 4.06. The van der Waals surface area contributed by atoms with E-state index in [0.717, 1.165) is 0 Å². The van der Waals surface area contributed by atoms with Crippen molar-refractivity contribution in [3.8, 4) is 0 Å². The summed E-state index contributed by atoms with van der Waals surface area (Å²) in [7, 11) is -3.12. The van der Waals surface area contributed by atoms with Crippen LogP contribution in [-0.2, 0) is 28.0 Å². The lowest BCUT2D eigenvalue weighted by Gasteiger charge is -2.39. The van der Waals surface area contributed by atoms with Gasteiger partial charge in [-0.1, -0.05) is 62.3 Å². The van der Waals surface area contributed by atoms with Crippen molar-refractivity contribution in [3.05, 3.63) is 0 Å². The van der Waals surface area contributed by atoms with Crippen molar-refractivity contribution in [2.24, 2.45) is 11.3 Å². The number of rotatable bonds is 7. The highest BCUT2D eigenvalue weighted by atomic mass is 31.2. The van der Waals surface area contributed by atoms with Gasteiger partial charge in [0, 0.05) is 37.3 Å². The average molecular weight is 437 g/mol. The third-order valence-corrected chi connectivity index (χ3v) is 5.25. The number of carbonyl (C=O) groups is 3. The molecule has 0 saturated carbocycles. The predicted octanol–water partition coefficient (Wildman–Crippen LogP) is 6.25. The maximum atomic E-state index is 12.2. The van der Waals surface area contributed by atoms with Gasteiger partial charge in [0.15, 0.2) is 5.78 Å². The fourth-order valence-electron chi connectivity index (χ4n) is 1.99. The molecule has 0 bridgehead atoms. The van der Waals surface area contributed by atoms with Crippen LogP contribution in [-0.4, -0.2) is 36.7 Å². The summed E-state index contributed by atoms with van der Waals surface area (Å²) >= 11 is 0. The highest BCUT2D eigenvalue weighted by molar-refractivity contribution is 7.53. The predicted molar refractivity (Wildman–Crippen MR) is 121 cm³/mol. The topological polar surface area (TPSA) is 86.7 Å². The molecule has 1 saturated heterocycles. The molecule has 2 atom stereocenters. The summed E-state index contributed by atoms with van der Waals surface area (Å²) in [5, 5.41) is 0. The first-order chi connectivity index (χ1) is 13.3. The van der Waals surface area contributed by atoms with E-state index in [-0.39, 0.29) is 36.3 Å². The summed E-state index contributed by atoms with van der Waals surface area (Å²) < 4.78 is 22.3. The largest absolute Gasteiger partial charge is 0.328 e. The molecular weight excluding hydrogens is 391 g/mol. The Morgan fingerprint density at radius 2 is 1.52 bits per heavy atom. The molecule has 1 rings (SSSR count). The van der Waals surface area contributed by atoms with Crippen LogP contribution in [0.4, 0.5) is 0 Å². The zero-order valence-electron chi connectivity index (χ0n) is 20.6. The molecule has 0 spiro atoms. The number of hydrogen-bond acceptors (Lipinski definition) is 6. The van der Waals surface area contributed by atoms with Crippen molar-refractivity contribution in [1.82, 2.24) is 0 Å². The van der Waals surface area contributed by atoms with Crippen molar-refractivity contribution in [3.63, 3.8) is 0 Å². The summed E-state index contributed by atoms with van der Waals surface area (Å²) in [6.45, 7) is 20.5. The molecule has 0 radical (unpaired) electrons. The van der Waals surface area contributed by atoms with E-state index in [2.05, 4.69) is 0 Å². The van der Waals surface area contributed by atoms with Crippen molar-refractivity contribution >= 4 is 24.9 Å². The lowest BCUT2D eigenvalue weighted by molar-refractivity contribution is -0.136. The van der Waals surface area contributed by atoms with Crippen LogP contribution in [0.15, 0.2) is 0 Å². The highest BCUT2D eigenvalue weighted by Crippen LogP contribution is 2.53. The van der Waals surface area contributed by atoms with Crippen molar-refractivity contribution < 1.29 is 28.0 Å². The Morgan fingerprint density at radius 3 is 1.90 bits per heavy atom. The van der Waals surface area contributed by atoms with Gasteiger partial charge in [-0.15, -0.1) is 0 Å². The molecule has 174 valence electrons. The smallest absolute Gasteiger partial charge is 0.308 e. The Bertz CT molecular complexity index is 525. The molecule has 6 nitrogen and oxygen atoms in total. The first-order valence-corrected chi connectivity index (χ1v) is 12.8. The van der Waals surface area contributed by atoms with E-state index < -0.39 is 19.1 Å². The summed E-state index contributed by atoms with van der Waals surface area (Å²) in [6, 6.07) is 0. The Morgan fingerprint density at radius 1 is 1.07 bits per heavy atom. The fourth-order valence-corrected chi connectivity index (χ4v) is 3.40. The van der Waals surface area contributed by atoms with Crippen molar-refractivity contribution in [1.29, 1.82) is 0 Å². The normalized spacial score (nSPS) is 22.0. The van der Waals surface area contributed by atoms with Gasteiger partial charge in [0.05, 0.1) is 6.61 Å². The van der Waals surface area contributed by atoms with Crippen LogP contribution in [0.5, 0.6) is 0 Å². The van der Waals surface area contributed by atoms with Gasteiger partial charge in [0.2, 0.25) is 0 Å². The lowest BCUT2D eigenvalue weighted by Crippen LogP contribution is -2.44. The van der Waals surface area contributed by atoms with E-state index in [1.54, 1.807) is 6.92 Å². The minimum absolute atomic E-state index is 0.0979. The maximum absolute atomic E-state index is 12.2. The molecule has 29 heavy (non-hydrogen) atoms. The Hall–Kier alpha value is -0.840. The van der Waals surface area contributed by atoms with E-state index in [4.69, 9.17) is 9.05 Å². The van der Waals surface area contributed by atoms with Gasteiger partial charge in [-0.05, 0) is 13.3 Å². The molecule has 0 N–H and O–H groups in total. The van der Waals surface area contributed by atoms with Crippen LogP contribution < -0.4 is 0 Å². The van der Waals surface area contributed by atoms with Crippen LogP contribution in [0.2, 0.25) is 0 Å². The highest BCUT2D eigenvalue weighted by Gasteiger charge is 2.45. The summed E-state index contributed by atoms with van der Waals surface area (Å²) in [4.78, 5) is 33.5. The lowest BCUT2D eigenvalue weighted by atomic mass is 9.84. The van der Waals surface area contributed by atoms with Gasteiger partial charge in [-0.3, -0.25) is 23.5 Å². The SMILES string of the molecule is CC.CC.CC(=O)C(C)C.CCC(=O)CCCC(=O)[C@@H]1OP(C)(=O)OCC1(C)C. The second kappa shape index (κ2) is 16.9.